The average Bonchev–Trinajstić information content (AvgIpc) is 2.85. The summed E-state index contributed by atoms with van der Waals surface area (Å²) in [5.74, 6) is -1.59. The van der Waals surface area contributed by atoms with Crippen LogP contribution in [-0.4, -0.2) is 18.1 Å². The van der Waals surface area contributed by atoms with Gasteiger partial charge >= 0.3 is 5.97 Å². The number of ether oxygens (including phenoxy) is 1. The summed E-state index contributed by atoms with van der Waals surface area (Å²) in [5, 5.41) is 5.21. The zero-order valence-electron chi connectivity index (χ0n) is 10.7. The summed E-state index contributed by atoms with van der Waals surface area (Å²) in [6.45, 7) is 0.192. The van der Waals surface area contributed by atoms with Gasteiger partial charge in [-0.05, 0) is 6.07 Å². The summed E-state index contributed by atoms with van der Waals surface area (Å²) in [5.41, 5.74) is 0.931. The Morgan fingerprint density at radius 1 is 1.45 bits per heavy atom. The molecule has 0 amide bonds. The highest BCUT2D eigenvalue weighted by Gasteiger charge is 2.08. The molecular weight excluding hydrogens is 286 g/mol. The van der Waals surface area contributed by atoms with Gasteiger partial charge in [0.25, 0.3) is 0 Å². The standard InChI is InChI=1S/C13H12F2N2O2S/c1-19-12(18)5-10-7-20-13(17-10)16-6-8-2-3-9(14)4-11(8)15/h2-4,7H,5-6H2,1H3,(H,16,17). The third kappa shape index (κ3) is 3.74. The molecule has 0 saturated heterocycles. The molecule has 2 rings (SSSR count). The van der Waals surface area contributed by atoms with E-state index in [9.17, 15) is 13.6 Å². The minimum atomic E-state index is -0.610. The Morgan fingerprint density at radius 3 is 2.95 bits per heavy atom. The number of benzene rings is 1. The summed E-state index contributed by atoms with van der Waals surface area (Å²) >= 11 is 1.30. The number of nitrogens with one attached hydrogen (secondary N) is 1. The molecule has 1 N–H and O–H groups in total. The van der Waals surface area contributed by atoms with Crippen LogP contribution < -0.4 is 5.32 Å². The van der Waals surface area contributed by atoms with E-state index in [1.165, 1.54) is 30.6 Å². The van der Waals surface area contributed by atoms with Crippen LogP contribution in [0.15, 0.2) is 23.6 Å². The smallest absolute Gasteiger partial charge is 0.311 e. The predicted octanol–water partition coefficient (Wildman–Crippen LogP) is 2.75. The van der Waals surface area contributed by atoms with Crippen LogP contribution in [0.1, 0.15) is 11.3 Å². The van der Waals surface area contributed by atoms with E-state index >= 15 is 0 Å². The molecule has 0 aliphatic heterocycles. The maximum absolute atomic E-state index is 13.4. The number of carbonyl (C=O) groups is 1. The molecular formula is C13H12F2N2O2S. The average molecular weight is 298 g/mol. The number of aromatic nitrogens is 1. The normalized spacial score (nSPS) is 10.3. The molecule has 0 aliphatic rings. The van der Waals surface area contributed by atoms with Crippen molar-refractivity contribution in [3.05, 3.63) is 46.5 Å². The van der Waals surface area contributed by atoms with Gasteiger partial charge in [0.1, 0.15) is 11.6 Å². The van der Waals surface area contributed by atoms with E-state index in [4.69, 9.17) is 0 Å². The van der Waals surface area contributed by atoms with Gasteiger partial charge in [0.05, 0.1) is 19.2 Å². The van der Waals surface area contributed by atoms with Crippen LogP contribution in [0.4, 0.5) is 13.9 Å². The summed E-state index contributed by atoms with van der Waals surface area (Å²) < 4.78 is 30.7. The number of hydrogen-bond acceptors (Lipinski definition) is 5. The van der Waals surface area contributed by atoms with Crippen LogP contribution in [0.5, 0.6) is 0 Å². The van der Waals surface area contributed by atoms with Gasteiger partial charge in [-0.3, -0.25) is 4.79 Å². The van der Waals surface area contributed by atoms with Crippen LogP contribution in [0.25, 0.3) is 0 Å². The van der Waals surface area contributed by atoms with Gasteiger partial charge in [-0.25, -0.2) is 13.8 Å². The first-order valence-electron chi connectivity index (χ1n) is 5.77. The number of nitrogens with zero attached hydrogens (tertiary/aromatic N) is 1. The Balaban J connectivity index is 1.95. The van der Waals surface area contributed by atoms with E-state index in [-0.39, 0.29) is 18.9 Å². The molecule has 0 atom stereocenters. The van der Waals surface area contributed by atoms with E-state index in [2.05, 4.69) is 15.0 Å². The van der Waals surface area contributed by atoms with Gasteiger partial charge in [-0.15, -0.1) is 11.3 Å². The van der Waals surface area contributed by atoms with Crippen LogP contribution in [0.3, 0.4) is 0 Å². The monoisotopic (exact) mass is 298 g/mol. The zero-order valence-corrected chi connectivity index (χ0v) is 11.5. The van der Waals surface area contributed by atoms with Crippen molar-refractivity contribution in [2.24, 2.45) is 0 Å². The van der Waals surface area contributed by atoms with Crippen molar-refractivity contribution in [3.63, 3.8) is 0 Å². The molecule has 0 radical (unpaired) electrons. The lowest BCUT2D eigenvalue weighted by Gasteiger charge is -2.04. The molecule has 1 aromatic heterocycles. The predicted molar refractivity (Wildman–Crippen MR) is 71.5 cm³/mol. The third-order valence-corrected chi connectivity index (χ3v) is 3.40. The molecule has 1 aromatic carbocycles. The van der Waals surface area contributed by atoms with Gasteiger partial charge in [-0.1, -0.05) is 6.07 Å². The number of rotatable bonds is 5. The summed E-state index contributed by atoms with van der Waals surface area (Å²) in [6, 6.07) is 3.41. The second-order valence-corrected chi connectivity index (χ2v) is 4.84. The van der Waals surface area contributed by atoms with Crippen molar-refractivity contribution in [1.29, 1.82) is 0 Å². The number of anilines is 1. The summed E-state index contributed by atoms with van der Waals surface area (Å²) in [7, 11) is 1.31. The lowest BCUT2D eigenvalue weighted by molar-refractivity contribution is -0.139. The molecule has 4 nitrogen and oxygen atoms in total. The molecule has 0 fully saturated rings. The van der Waals surface area contributed by atoms with Gasteiger partial charge in [0.15, 0.2) is 5.13 Å². The van der Waals surface area contributed by atoms with Crippen molar-refractivity contribution in [2.45, 2.75) is 13.0 Å². The minimum Gasteiger partial charge on any atom is -0.469 e. The Hall–Kier alpha value is -2.02. The van der Waals surface area contributed by atoms with Crippen LogP contribution in [0, 0.1) is 11.6 Å². The first-order valence-corrected chi connectivity index (χ1v) is 6.65. The maximum atomic E-state index is 13.4. The fourth-order valence-electron chi connectivity index (χ4n) is 1.53. The highest BCUT2D eigenvalue weighted by molar-refractivity contribution is 7.13. The number of halogens is 2. The van der Waals surface area contributed by atoms with Gasteiger partial charge in [-0.2, -0.15) is 0 Å². The Labute approximate surface area is 118 Å². The second kappa shape index (κ2) is 6.42. The molecule has 0 spiro atoms. The SMILES string of the molecule is COC(=O)Cc1csc(NCc2ccc(F)cc2F)n1. The van der Waals surface area contributed by atoms with Crippen molar-refractivity contribution < 1.29 is 18.3 Å². The Morgan fingerprint density at radius 2 is 2.25 bits per heavy atom. The van der Waals surface area contributed by atoms with Gasteiger partial charge in [0.2, 0.25) is 0 Å². The Kier molecular flexibility index (Phi) is 4.62. The first-order chi connectivity index (χ1) is 9.58. The van der Waals surface area contributed by atoms with Crippen LogP contribution in [0.2, 0.25) is 0 Å². The highest BCUT2D eigenvalue weighted by Crippen LogP contribution is 2.18. The van der Waals surface area contributed by atoms with Crippen LogP contribution in [-0.2, 0) is 22.5 Å². The number of methoxy groups -OCH3 is 1. The molecule has 20 heavy (non-hydrogen) atoms. The molecule has 0 aliphatic carbocycles. The Bertz CT molecular complexity index is 616. The van der Waals surface area contributed by atoms with E-state index in [0.29, 0.717) is 16.4 Å². The molecule has 0 saturated carbocycles. The fourth-order valence-corrected chi connectivity index (χ4v) is 2.23. The number of thiazole rings is 1. The third-order valence-electron chi connectivity index (χ3n) is 2.55. The van der Waals surface area contributed by atoms with E-state index in [1.54, 1.807) is 5.38 Å². The van der Waals surface area contributed by atoms with Crippen molar-refractivity contribution in [2.75, 3.05) is 12.4 Å². The molecule has 0 unspecified atom stereocenters. The summed E-state index contributed by atoms with van der Waals surface area (Å²) in [4.78, 5) is 15.3. The molecule has 1 heterocycles. The maximum Gasteiger partial charge on any atom is 0.311 e. The lowest BCUT2D eigenvalue weighted by Crippen LogP contribution is -2.05. The number of esters is 1. The zero-order chi connectivity index (χ0) is 14.5. The molecule has 2 aromatic rings. The van der Waals surface area contributed by atoms with Crippen molar-refractivity contribution in [1.82, 2.24) is 4.98 Å². The van der Waals surface area contributed by atoms with Crippen molar-refractivity contribution in [3.8, 4) is 0 Å². The number of carbonyl (C=O) groups excluding carboxylic acids is 1. The topological polar surface area (TPSA) is 51.2 Å². The van der Waals surface area contributed by atoms with Crippen molar-refractivity contribution >= 4 is 22.4 Å². The molecule has 106 valence electrons. The largest absolute Gasteiger partial charge is 0.469 e. The number of hydrogen-bond donors (Lipinski definition) is 1. The van der Waals surface area contributed by atoms with E-state index < -0.39 is 11.6 Å². The first kappa shape index (κ1) is 14.4. The van der Waals surface area contributed by atoms with Crippen LogP contribution >= 0.6 is 11.3 Å². The highest BCUT2D eigenvalue weighted by atomic mass is 32.1. The quantitative estimate of drug-likeness (QED) is 0.862. The molecule has 0 bridgehead atoms. The fraction of sp³-hybridized carbons (Fsp3) is 0.231. The minimum absolute atomic E-state index is 0.0968. The van der Waals surface area contributed by atoms with Gasteiger partial charge in [0, 0.05) is 23.6 Å². The van der Waals surface area contributed by atoms with E-state index in [0.717, 1.165) is 6.07 Å². The lowest BCUT2D eigenvalue weighted by atomic mass is 10.2. The summed E-state index contributed by atoms with van der Waals surface area (Å²) in [6.07, 6.45) is 0.0968. The van der Waals surface area contributed by atoms with Gasteiger partial charge < -0.3 is 10.1 Å². The second-order valence-electron chi connectivity index (χ2n) is 3.99. The molecule has 7 heteroatoms. The van der Waals surface area contributed by atoms with E-state index in [1.807, 2.05) is 0 Å².